The molecule has 4 nitrogen and oxygen atoms in total. The Kier molecular flexibility index (Phi) is 4.82. The molecule has 0 fully saturated rings. The summed E-state index contributed by atoms with van der Waals surface area (Å²) in [5.41, 5.74) is 0.834. The average Bonchev–Trinajstić information content (AvgIpc) is 3.25. The number of amides is 2. The van der Waals surface area contributed by atoms with Gasteiger partial charge in [0.15, 0.2) is 11.6 Å². The predicted octanol–water partition coefficient (Wildman–Crippen LogP) is 5.19. The second-order valence-corrected chi connectivity index (χ2v) is 7.77. The van der Waals surface area contributed by atoms with Crippen LogP contribution in [0, 0.1) is 11.6 Å². The van der Waals surface area contributed by atoms with E-state index >= 15 is 0 Å². The number of halogens is 3. The Bertz CT molecular complexity index is 1130. The lowest BCUT2D eigenvalue weighted by Crippen LogP contribution is -2.32. The van der Waals surface area contributed by atoms with Crippen molar-refractivity contribution in [2.75, 3.05) is 10.2 Å². The number of carbonyl (C=O) groups excluding carboxylic acids is 2. The highest BCUT2D eigenvalue weighted by atomic mass is 79.9. The van der Waals surface area contributed by atoms with Crippen molar-refractivity contribution in [2.45, 2.75) is 0 Å². The molecule has 2 aromatic carbocycles. The summed E-state index contributed by atoms with van der Waals surface area (Å²) < 4.78 is 27.8. The van der Waals surface area contributed by atoms with Gasteiger partial charge in [-0.05, 0) is 41.8 Å². The standard InChI is InChI=1S/C20H11BrF2N2O2S/c21-11-3-1-4-12(9-11)24-18-17(16-5-2-8-28-16)19(26)25(20(18)27)13-6-7-14(22)15(23)10-13/h1-10,24H. The molecule has 0 bridgehead atoms. The van der Waals surface area contributed by atoms with E-state index in [2.05, 4.69) is 21.2 Å². The Labute approximate surface area is 171 Å². The maximum absolute atomic E-state index is 13.7. The minimum atomic E-state index is -1.14. The summed E-state index contributed by atoms with van der Waals surface area (Å²) in [6.07, 6.45) is 0. The summed E-state index contributed by atoms with van der Waals surface area (Å²) in [4.78, 5) is 27.6. The molecule has 4 rings (SSSR count). The molecular formula is C20H11BrF2N2O2S. The molecule has 0 spiro atoms. The largest absolute Gasteiger partial charge is 0.350 e. The van der Waals surface area contributed by atoms with Crippen molar-refractivity contribution in [3.05, 3.63) is 86.7 Å². The fraction of sp³-hybridized carbons (Fsp3) is 0. The number of anilines is 2. The maximum atomic E-state index is 13.7. The molecule has 2 amide bonds. The van der Waals surface area contributed by atoms with E-state index in [1.54, 1.807) is 35.7 Å². The van der Waals surface area contributed by atoms with Gasteiger partial charge in [-0.25, -0.2) is 13.7 Å². The Morgan fingerprint density at radius 3 is 2.43 bits per heavy atom. The highest BCUT2D eigenvalue weighted by molar-refractivity contribution is 9.10. The quantitative estimate of drug-likeness (QED) is 0.545. The molecule has 2 heterocycles. The summed E-state index contributed by atoms with van der Waals surface area (Å²) >= 11 is 4.67. The van der Waals surface area contributed by atoms with E-state index in [0.29, 0.717) is 10.6 Å². The number of hydrogen-bond acceptors (Lipinski definition) is 4. The maximum Gasteiger partial charge on any atom is 0.282 e. The third-order valence-electron chi connectivity index (χ3n) is 4.11. The van der Waals surface area contributed by atoms with Gasteiger partial charge in [0.1, 0.15) is 5.70 Å². The number of hydrogen-bond donors (Lipinski definition) is 1. The highest BCUT2D eigenvalue weighted by Gasteiger charge is 2.41. The topological polar surface area (TPSA) is 49.4 Å². The molecule has 0 saturated heterocycles. The van der Waals surface area contributed by atoms with Crippen LogP contribution < -0.4 is 10.2 Å². The number of benzene rings is 2. The van der Waals surface area contributed by atoms with Crippen LogP contribution in [0.5, 0.6) is 0 Å². The van der Waals surface area contributed by atoms with Gasteiger partial charge in [-0.2, -0.15) is 0 Å². The van der Waals surface area contributed by atoms with Crippen molar-refractivity contribution in [1.82, 2.24) is 0 Å². The van der Waals surface area contributed by atoms with Crippen LogP contribution in [0.4, 0.5) is 20.2 Å². The van der Waals surface area contributed by atoms with Crippen LogP contribution in [0.25, 0.3) is 5.57 Å². The fourth-order valence-corrected chi connectivity index (χ4v) is 4.03. The molecule has 1 aliphatic rings. The van der Waals surface area contributed by atoms with Crippen molar-refractivity contribution in [2.24, 2.45) is 0 Å². The van der Waals surface area contributed by atoms with E-state index in [1.165, 1.54) is 17.4 Å². The second-order valence-electron chi connectivity index (χ2n) is 5.91. The van der Waals surface area contributed by atoms with E-state index in [-0.39, 0.29) is 17.0 Å². The summed E-state index contributed by atoms with van der Waals surface area (Å²) in [6.45, 7) is 0. The number of nitrogens with zero attached hydrogens (tertiary/aromatic N) is 1. The van der Waals surface area contributed by atoms with Crippen molar-refractivity contribution in [1.29, 1.82) is 0 Å². The molecule has 0 aliphatic carbocycles. The first-order chi connectivity index (χ1) is 13.5. The van der Waals surface area contributed by atoms with Crippen molar-refractivity contribution in [3.63, 3.8) is 0 Å². The van der Waals surface area contributed by atoms with Gasteiger partial charge in [0, 0.05) is 21.1 Å². The van der Waals surface area contributed by atoms with Crippen molar-refractivity contribution >= 4 is 56.0 Å². The van der Waals surface area contributed by atoms with Gasteiger partial charge in [0.2, 0.25) is 0 Å². The molecule has 0 unspecified atom stereocenters. The van der Waals surface area contributed by atoms with E-state index in [9.17, 15) is 18.4 Å². The molecule has 0 atom stereocenters. The summed E-state index contributed by atoms with van der Waals surface area (Å²) in [5.74, 6) is -3.43. The van der Waals surface area contributed by atoms with E-state index < -0.39 is 23.4 Å². The first-order valence-corrected chi connectivity index (χ1v) is 9.77. The van der Waals surface area contributed by atoms with E-state index in [1.807, 2.05) is 6.07 Å². The van der Waals surface area contributed by atoms with E-state index in [4.69, 9.17) is 0 Å². The van der Waals surface area contributed by atoms with Gasteiger partial charge in [-0.3, -0.25) is 9.59 Å². The second kappa shape index (κ2) is 7.29. The third kappa shape index (κ3) is 3.25. The van der Waals surface area contributed by atoms with Gasteiger partial charge in [-0.1, -0.05) is 28.1 Å². The number of imide groups is 1. The molecule has 1 aliphatic heterocycles. The van der Waals surface area contributed by atoms with Crippen molar-refractivity contribution < 1.29 is 18.4 Å². The van der Waals surface area contributed by atoms with Gasteiger partial charge in [0.05, 0.1) is 11.3 Å². The number of rotatable bonds is 4. The van der Waals surface area contributed by atoms with Crippen LogP contribution in [0.3, 0.4) is 0 Å². The lowest BCUT2D eigenvalue weighted by atomic mass is 10.2. The first-order valence-electron chi connectivity index (χ1n) is 8.10. The molecule has 1 aromatic heterocycles. The SMILES string of the molecule is O=C1C(Nc2cccc(Br)c2)=C(c2cccs2)C(=O)N1c1ccc(F)c(F)c1. The lowest BCUT2D eigenvalue weighted by Gasteiger charge is -2.15. The van der Waals surface area contributed by atoms with Crippen LogP contribution >= 0.6 is 27.3 Å². The summed E-state index contributed by atoms with van der Waals surface area (Å²) in [5, 5.41) is 4.79. The Morgan fingerprint density at radius 2 is 1.75 bits per heavy atom. The van der Waals surface area contributed by atoms with Gasteiger partial charge in [-0.15, -0.1) is 11.3 Å². The fourth-order valence-electron chi connectivity index (χ4n) is 2.86. The number of carbonyl (C=O) groups is 2. The molecule has 3 aromatic rings. The zero-order valence-corrected chi connectivity index (χ0v) is 16.5. The summed E-state index contributed by atoms with van der Waals surface area (Å²) in [7, 11) is 0. The van der Waals surface area contributed by atoms with Gasteiger partial charge >= 0.3 is 0 Å². The monoisotopic (exact) mass is 460 g/mol. The van der Waals surface area contributed by atoms with E-state index in [0.717, 1.165) is 21.5 Å². The molecule has 0 saturated carbocycles. The van der Waals surface area contributed by atoms with Crippen LogP contribution in [-0.2, 0) is 9.59 Å². The smallest absolute Gasteiger partial charge is 0.282 e. The molecule has 28 heavy (non-hydrogen) atoms. The number of nitrogens with one attached hydrogen (secondary N) is 1. The van der Waals surface area contributed by atoms with Crippen LogP contribution in [0.2, 0.25) is 0 Å². The lowest BCUT2D eigenvalue weighted by molar-refractivity contribution is -0.120. The molecule has 140 valence electrons. The zero-order chi connectivity index (χ0) is 19.8. The summed E-state index contributed by atoms with van der Waals surface area (Å²) in [6, 6.07) is 13.5. The predicted molar refractivity (Wildman–Crippen MR) is 108 cm³/mol. The average molecular weight is 461 g/mol. The Morgan fingerprint density at radius 1 is 0.929 bits per heavy atom. The molecule has 8 heteroatoms. The van der Waals surface area contributed by atoms with Gasteiger partial charge < -0.3 is 5.32 Å². The molecule has 0 radical (unpaired) electrons. The highest BCUT2D eigenvalue weighted by Crippen LogP contribution is 2.36. The Balaban J connectivity index is 1.80. The van der Waals surface area contributed by atoms with Gasteiger partial charge in [0.25, 0.3) is 11.8 Å². The van der Waals surface area contributed by atoms with Crippen LogP contribution in [0.15, 0.2) is 70.1 Å². The third-order valence-corrected chi connectivity index (χ3v) is 5.49. The normalized spacial score (nSPS) is 14.2. The first kappa shape index (κ1) is 18.5. The Hall–Kier alpha value is -2.84. The van der Waals surface area contributed by atoms with Crippen molar-refractivity contribution in [3.8, 4) is 0 Å². The van der Waals surface area contributed by atoms with Crippen LogP contribution in [0.1, 0.15) is 4.88 Å². The number of thiophene rings is 1. The molecular weight excluding hydrogens is 450 g/mol. The molecule has 1 N–H and O–H groups in total. The van der Waals surface area contributed by atoms with Crippen LogP contribution in [-0.4, -0.2) is 11.8 Å². The zero-order valence-electron chi connectivity index (χ0n) is 14.1. The minimum Gasteiger partial charge on any atom is -0.350 e. The minimum absolute atomic E-state index is 0.0333.